The van der Waals surface area contributed by atoms with Crippen molar-refractivity contribution in [2.45, 2.75) is 31.6 Å². The standard InChI is InChI=1S/C18H22BrNO/c1-20-12-13(11-14-5-4-10-21-14)15-6-2-8-17-16(15)7-3-9-18(17)19/h3-5,7,9-10,13,15,20H,2,6,8,11-12H2,1H3. The van der Waals surface area contributed by atoms with E-state index in [1.165, 1.54) is 34.9 Å². The summed E-state index contributed by atoms with van der Waals surface area (Å²) in [5.74, 6) is 2.29. The fourth-order valence-corrected chi connectivity index (χ4v) is 4.22. The minimum atomic E-state index is 0.578. The van der Waals surface area contributed by atoms with Gasteiger partial charge in [-0.25, -0.2) is 0 Å². The van der Waals surface area contributed by atoms with Crippen LogP contribution in [-0.2, 0) is 12.8 Å². The third kappa shape index (κ3) is 3.24. The molecule has 2 atom stereocenters. The maximum atomic E-state index is 5.58. The summed E-state index contributed by atoms with van der Waals surface area (Å²) in [5.41, 5.74) is 3.04. The van der Waals surface area contributed by atoms with Crippen molar-refractivity contribution in [2.75, 3.05) is 13.6 Å². The first-order valence-corrected chi connectivity index (χ1v) is 8.53. The number of benzene rings is 1. The number of hydrogen-bond acceptors (Lipinski definition) is 2. The molecule has 0 saturated heterocycles. The number of nitrogens with one attached hydrogen (secondary N) is 1. The first-order chi connectivity index (χ1) is 10.3. The van der Waals surface area contributed by atoms with E-state index in [2.05, 4.69) is 45.5 Å². The monoisotopic (exact) mass is 347 g/mol. The molecule has 1 aromatic heterocycles. The van der Waals surface area contributed by atoms with Gasteiger partial charge in [0.1, 0.15) is 5.76 Å². The minimum absolute atomic E-state index is 0.578. The van der Waals surface area contributed by atoms with E-state index in [-0.39, 0.29) is 0 Å². The van der Waals surface area contributed by atoms with E-state index in [0.29, 0.717) is 11.8 Å². The molecule has 0 amide bonds. The zero-order chi connectivity index (χ0) is 14.7. The molecular formula is C18H22BrNO. The smallest absolute Gasteiger partial charge is 0.104 e. The van der Waals surface area contributed by atoms with Crippen molar-refractivity contribution in [3.05, 3.63) is 58.0 Å². The Labute approximate surface area is 135 Å². The first-order valence-electron chi connectivity index (χ1n) is 7.74. The summed E-state index contributed by atoms with van der Waals surface area (Å²) >= 11 is 3.72. The van der Waals surface area contributed by atoms with Gasteiger partial charge in [-0.2, -0.15) is 0 Å². The highest BCUT2D eigenvalue weighted by molar-refractivity contribution is 9.10. The van der Waals surface area contributed by atoms with Crippen LogP contribution in [0.15, 0.2) is 45.5 Å². The normalized spacial score (nSPS) is 19.2. The number of hydrogen-bond donors (Lipinski definition) is 1. The molecule has 1 aliphatic carbocycles. The lowest BCUT2D eigenvalue weighted by Gasteiger charge is -2.32. The Morgan fingerprint density at radius 1 is 1.33 bits per heavy atom. The van der Waals surface area contributed by atoms with Gasteiger partial charge in [0.2, 0.25) is 0 Å². The molecule has 3 heteroatoms. The van der Waals surface area contributed by atoms with Crippen molar-refractivity contribution in [1.29, 1.82) is 0 Å². The molecule has 0 aliphatic heterocycles. The van der Waals surface area contributed by atoms with Crippen LogP contribution in [0.2, 0.25) is 0 Å². The van der Waals surface area contributed by atoms with Crippen LogP contribution in [0.1, 0.15) is 35.6 Å². The van der Waals surface area contributed by atoms with Gasteiger partial charge in [0.25, 0.3) is 0 Å². The summed E-state index contributed by atoms with van der Waals surface area (Å²) in [4.78, 5) is 0. The third-order valence-corrected chi connectivity index (χ3v) is 5.32. The molecule has 1 aromatic carbocycles. The van der Waals surface area contributed by atoms with Crippen molar-refractivity contribution in [3.63, 3.8) is 0 Å². The van der Waals surface area contributed by atoms with Crippen molar-refractivity contribution in [2.24, 2.45) is 5.92 Å². The fourth-order valence-electron chi connectivity index (χ4n) is 3.64. The highest BCUT2D eigenvalue weighted by atomic mass is 79.9. The van der Waals surface area contributed by atoms with Crippen LogP contribution in [0.3, 0.4) is 0 Å². The Hall–Kier alpha value is -1.06. The molecule has 2 unspecified atom stereocenters. The van der Waals surface area contributed by atoms with Crippen molar-refractivity contribution < 1.29 is 4.42 Å². The summed E-state index contributed by atoms with van der Waals surface area (Å²) in [6.07, 6.45) is 6.52. The van der Waals surface area contributed by atoms with Crippen LogP contribution in [-0.4, -0.2) is 13.6 Å². The average Bonchev–Trinajstić information content (AvgIpc) is 3.00. The van der Waals surface area contributed by atoms with Gasteiger partial charge >= 0.3 is 0 Å². The summed E-state index contributed by atoms with van der Waals surface area (Å²) < 4.78 is 6.85. The van der Waals surface area contributed by atoms with Crippen LogP contribution >= 0.6 is 15.9 Å². The first kappa shape index (κ1) is 14.9. The Kier molecular flexibility index (Phi) is 4.81. The van der Waals surface area contributed by atoms with E-state index in [1.54, 1.807) is 6.26 Å². The largest absolute Gasteiger partial charge is 0.469 e. The third-order valence-electron chi connectivity index (χ3n) is 4.58. The minimum Gasteiger partial charge on any atom is -0.469 e. The van der Waals surface area contributed by atoms with Crippen LogP contribution < -0.4 is 5.32 Å². The maximum Gasteiger partial charge on any atom is 0.104 e. The molecule has 1 aliphatic rings. The highest BCUT2D eigenvalue weighted by Crippen LogP contribution is 2.40. The number of rotatable bonds is 5. The molecule has 21 heavy (non-hydrogen) atoms. The lowest BCUT2D eigenvalue weighted by atomic mass is 9.74. The van der Waals surface area contributed by atoms with Crippen LogP contribution in [0.5, 0.6) is 0 Å². The predicted octanol–water partition coefficient (Wildman–Crippen LogP) is 4.54. The molecule has 2 nitrogen and oxygen atoms in total. The van der Waals surface area contributed by atoms with Crippen LogP contribution in [0, 0.1) is 5.92 Å². The SMILES string of the molecule is CNCC(Cc1ccco1)C1CCCc2c(Br)cccc21. The van der Waals surface area contributed by atoms with Crippen LogP contribution in [0.4, 0.5) is 0 Å². The molecule has 112 valence electrons. The average molecular weight is 348 g/mol. The second kappa shape index (κ2) is 6.80. The zero-order valence-electron chi connectivity index (χ0n) is 12.4. The van der Waals surface area contributed by atoms with Crippen molar-refractivity contribution in [1.82, 2.24) is 5.32 Å². The van der Waals surface area contributed by atoms with E-state index in [9.17, 15) is 0 Å². The van der Waals surface area contributed by atoms with Crippen molar-refractivity contribution in [3.8, 4) is 0 Å². The quantitative estimate of drug-likeness (QED) is 0.858. The molecule has 1 N–H and O–H groups in total. The maximum absolute atomic E-state index is 5.58. The molecule has 0 bridgehead atoms. The number of fused-ring (bicyclic) bond motifs is 1. The second-order valence-electron chi connectivity index (χ2n) is 5.91. The van der Waals surface area contributed by atoms with Gasteiger partial charge in [0.05, 0.1) is 6.26 Å². The topological polar surface area (TPSA) is 25.2 Å². The molecule has 3 rings (SSSR count). The summed E-state index contributed by atoms with van der Waals surface area (Å²) in [6, 6.07) is 10.7. The molecule has 1 heterocycles. The molecule has 0 fully saturated rings. The van der Waals surface area contributed by atoms with E-state index in [4.69, 9.17) is 4.42 Å². The van der Waals surface area contributed by atoms with Gasteiger partial charge in [-0.3, -0.25) is 0 Å². The summed E-state index contributed by atoms with van der Waals surface area (Å²) in [6.45, 7) is 1.03. The van der Waals surface area contributed by atoms with Gasteiger partial charge < -0.3 is 9.73 Å². The van der Waals surface area contributed by atoms with Gasteiger partial charge in [-0.05, 0) is 74.0 Å². The van der Waals surface area contributed by atoms with Gasteiger partial charge in [-0.1, -0.05) is 28.1 Å². The molecule has 0 saturated carbocycles. The number of halogens is 1. The van der Waals surface area contributed by atoms with Gasteiger partial charge in [0.15, 0.2) is 0 Å². The lowest BCUT2D eigenvalue weighted by Crippen LogP contribution is -2.29. The van der Waals surface area contributed by atoms with Crippen LogP contribution in [0.25, 0.3) is 0 Å². The van der Waals surface area contributed by atoms with E-state index < -0.39 is 0 Å². The highest BCUT2D eigenvalue weighted by Gasteiger charge is 2.29. The molecule has 2 aromatic rings. The van der Waals surface area contributed by atoms with Gasteiger partial charge in [-0.15, -0.1) is 0 Å². The predicted molar refractivity (Wildman–Crippen MR) is 89.6 cm³/mol. The molecular weight excluding hydrogens is 326 g/mol. The summed E-state index contributed by atoms with van der Waals surface area (Å²) in [7, 11) is 2.04. The van der Waals surface area contributed by atoms with E-state index in [0.717, 1.165) is 18.7 Å². The molecule has 0 radical (unpaired) electrons. The summed E-state index contributed by atoms with van der Waals surface area (Å²) in [5, 5.41) is 3.37. The zero-order valence-corrected chi connectivity index (χ0v) is 14.0. The fraction of sp³-hybridized carbons (Fsp3) is 0.444. The Morgan fingerprint density at radius 3 is 3.00 bits per heavy atom. The van der Waals surface area contributed by atoms with E-state index in [1.807, 2.05) is 13.1 Å². The van der Waals surface area contributed by atoms with E-state index >= 15 is 0 Å². The van der Waals surface area contributed by atoms with Crippen molar-refractivity contribution >= 4 is 15.9 Å². The Morgan fingerprint density at radius 2 is 2.24 bits per heavy atom. The lowest BCUT2D eigenvalue weighted by molar-refractivity contribution is 0.341. The Bertz CT molecular complexity index is 579. The van der Waals surface area contributed by atoms with Gasteiger partial charge in [0, 0.05) is 10.9 Å². The Balaban J connectivity index is 1.88. The molecule has 0 spiro atoms. The number of furan rings is 1. The second-order valence-corrected chi connectivity index (χ2v) is 6.76.